The summed E-state index contributed by atoms with van der Waals surface area (Å²) in [5.74, 6) is 1.67. The lowest BCUT2D eigenvalue weighted by Gasteiger charge is -2.39. The number of piperazine rings is 1. The van der Waals surface area contributed by atoms with Crippen LogP contribution >= 0.6 is 0 Å². The van der Waals surface area contributed by atoms with Gasteiger partial charge in [-0.25, -0.2) is 9.78 Å². The van der Waals surface area contributed by atoms with Gasteiger partial charge < -0.3 is 25.3 Å². The number of anilines is 1. The molecule has 1 amide bonds. The zero-order chi connectivity index (χ0) is 21.5. The minimum Gasteiger partial charge on any atom is -0.497 e. The minimum atomic E-state index is -1.14. The summed E-state index contributed by atoms with van der Waals surface area (Å²) in [4.78, 5) is 31.9. The number of rotatable bonds is 8. The van der Waals surface area contributed by atoms with Gasteiger partial charge in [-0.3, -0.25) is 9.80 Å². The zero-order valence-electron chi connectivity index (χ0n) is 17.0. The first-order chi connectivity index (χ1) is 14.5. The van der Waals surface area contributed by atoms with Crippen LogP contribution in [0, 0.1) is 0 Å². The highest BCUT2D eigenvalue weighted by Crippen LogP contribution is 2.24. The number of aldehydes is 1. The molecule has 0 bridgehead atoms. The van der Waals surface area contributed by atoms with E-state index in [4.69, 9.17) is 20.6 Å². The van der Waals surface area contributed by atoms with Gasteiger partial charge in [0.1, 0.15) is 17.9 Å². The van der Waals surface area contributed by atoms with E-state index in [0.717, 1.165) is 40.8 Å². The van der Waals surface area contributed by atoms with Crippen LogP contribution in [0.15, 0.2) is 42.5 Å². The van der Waals surface area contributed by atoms with E-state index in [0.29, 0.717) is 19.4 Å². The molecule has 0 aliphatic carbocycles. The summed E-state index contributed by atoms with van der Waals surface area (Å²) in [5, 5.41) is 9.16. The number of carbonyl (C=O) groups excluding carboxylic acids is 1. The van der Waals surface area contributed by atoms with Crippen LogP contribution in [-0.2, 0) is 4.79 Å². The Morgan fingerprint density at radius 2 is 2.00 bits per heavy atom. The molecule has 0 radical (unpaired) electrons. The Morgan fingerprint density at radius 3 is 2.67 bits per heavy atom. The highest BCUT2D eigenvalue weighted by Gasteiger charge is 2.25. The number of nitrogens with zero attached hydrogens (tertiary/aromatic N) is 4. The third-order valence-corrected chi connectivity index (χ3v) is 5.18. The Morgan fingerprint density at radius 1 is 1.27 bits per heavy atom. The molecule has 30 heavy (non-hydrogen) atoms. The van der Waals surface area contributed by atoms with Gasteiger partial charge in [0.2, 0.25) is 0 Å². The molecule has 1 saturated heterocycles. The van der Waals surface area contributed by atoms with Crippen molar-refractivity contribution in [2.45, 2.75) is 6.17 Å². The maximum atomic E-state index is 11.2. The Bertz CT molecular complexity index is 870. The lowest BCUT2D eigenvalue weighted by Crippen LogP contribution is -2.57. The summed E-state index contributed by atoms with van der Waals surface area (Å²) in [6, 6.07) is 13.7. The number of methoxy groups -OCH3 is 1. The molecule has 1 fully saturated rings. The standard InChI is InChI=1S/C21H27N5O4/c1-30-17-5-2-4-16(14-17)18-6-3-7-20(23-18)25-10-8-24(9-11-25)19(22)15-26(12-13-27)21(28)29/h2-7,13-14,19H,8-12,15,22H2,1H3,(H,28,29). The van der Waals surface area contributed by atoms with Crippen molar-refractivity contribution in [3.63, 3.8) is 0 Å². The van der Waals surface area contributed by atoms with Gasteiger partial charge in [-0.2, -0.15) is 0 Å². The van der Waals surface area contributed by atoms with Gasteiger partial charge in [-0.05, 0) is 24.3 Å². The van der Waals surface area contributed by atoms with Crippen LogP contribution in [0.3, 0.4) is 0 Å². The fourth-order valence-corrected chi connectivity index (χ4v) is 3.49. The van der Waals surface area contributed by atoms with Gasteiger partial charge in [0, 0.05) is 31.7 Å². The summed E-state index contributed by atoms with van der Waals surface area (Å²) in [5.41, 5.74) is 8.05. The van der Waals surface area contributed by atoms with Crippen molar-refractivity contribution in [2.75, 3.05) is 51.3 Å². The van der Waals surface area contributed by atoms with Crippen molar-refractivity contribution in [2.24, 2.45) is 5.73 Å². The maximum absolute atomic E-state index is 11.2. The summed E-state index contributed by atoms with van der Waals surface area (Å²) in [6.07, 6.45) is -1.03. The molecule has 2 heterocycles. The molecule has 2 aromatic rings. The fraction of sp³-hybridized carbons (Fsp3) is 0.381. The van der Waals surface area contributed by atoms with E-state index < -0.39 is 12.3 Å². The normalized spacial score (nSPS) is 15.5. The highest BCUT2D eigenvalue weighted by molar-refractivity contribution is 5.69. The molecule has 0 saturated carbocycles. The molecule has 9 heteroatoms. The number of amides is 1. The summed E-state index contributed by atoms with van der Waals surface area (Å²) < 4.78 is 5.30. The molecule has 1 aromatic heterocycles. The third kappa shape index (κ3) is 5.25. The van der Waals surface area contributed by atoms with Crippen LogP contribution in [0.5, 0.6) is 5.75 Å². The second-order valence-electron chi connectivity index (χ2n) is 7.06. The van der Waals surface area contributed by atoms with E-state index in [9.17, 15) is 9.59 Å². The van der Waals surface area contributed by atoms with Crippen molar-refractivity contribution in [1.82, 2.24) is 14.8 Å². The summed E-state index contributed by atoms with van der Waals surface area (Å²) in [6.45, 7) is 2.73. The zero-order valence-corrected chi connectivity index (χ0v) is 17.0. The van der Waals surface area contributed by atoms with E-state index in [1.807, 2.05) is 47.4 Å². The van der Waals surface area contributed by atoms with Gasteiger partial charge in [0.15, 0.2) is 0 Å². The predicted octanol–water partition coefficient (Wildman–Crippen LogP) is 1.34. The Balaban J connectivity index is 1.62. The van der Waals surface area contributed by atoms with E-state index in [2.05, 4.69) is 4.90 Å². The number of carbonyl (C=O) groups is 2. The molecule has 1 atom stereocenters. The molecule has 3 rings (SSSR count). The largest absolute Gasteiger partial charge is 0.497 e. The maximum Gasteiger partial charge on any atom is 0.407 e. The number of aromatic nitrogens is 1. The summed E-state index contributed by atoms with van der Waals surface area (Å²) >= 11 is 0. The predicted molar refractivity (Wildman–Crippen MR) is 114 cm³/mol. The quantitative estimate of drug-likeness (QED) is 0.624. The lowest BCUT2D eigenvalue weighted by atomic mass is 10.1. The molecule has 3 N–H and O–H groups in total. The number of hydrogen-bond donors (Lipinski definition) is 2. The molecule has 1 aromatic carbocycles. The van der Waals surface area contributed by atoms with Crippen molar-refractivity contribution >= 4 is 18.2 Å². The van der Waals surface area contributed by atoms with Gasteiger partial charge in [0.25, 0.3) is 0 Å². The lowest BCUT2D eigenvalue weighted by molar-refractivity contribution is -0.108. The first-order valence-corrected chi connectivity index (χ1v) is 9.79. The van der Waals surface area contributed by atoms with Crippen LogP contribution in [0.4, 0.5) is 10.6 Å². The second-order valence-corrected chi connectivity index (χ2v) is 7.06. The van der Waals surface area contributed by atoms with Crippen molar-refractivity contribution < 1.29 is 19.4 Å². The third-order valence-electron chi connectivity index (χ3n) is 5.18. The molecule has 1 unspecified atom stereocenters. The monoisotopic (exact) mass is 413 g/mol. The van der Waals surface area contributed by atoms with Crippen molar-refractivity contribution in [3.05, 3.63) is 42.5 Å². The Kier molecular flexibility index (Phi) is 7.21. The van der Waals surface area contributed by atoms with Gasteiger partial charge in [-0.15, -0.1) is 0 Å². The number of benzene rings is 1. The van der Waals surface area contributed by atoms with Crippen LogP contribution in [0.25, 0.3) is 11.3 Å². The molecule has 1 aliphatic rings. The average molecular weight is 413 g/mol. The summed E-state index contributed by atoms with van der Waals surface area (Å²) in [7, 11) is 1.64. The van der Waals surface area contributed by atoms with Crippen LogP contribution in [-0.4, -0.2) is 84.8 Å². The molecule has 9 nitrogen and oxygen atoms in total. The van der Waals surface area contributed by atoms with Gasteiger partial charge in [-0.1, -0.05) is 18.2 Å². The minimum absolute atomic E-state index is 0.0949. The molecule has 1 aliphatic heterocycles. The molecular weight excluding hydrogens is 386 g/mol. The van der Waals surface area contributed by atoms with Gasteiger partial charge >= 0.3 is 6.09 Å². The Hall–Kier alpha value is -3.17. The van der Waals surface area contributed by atoms with E-state index in [1.54, 1.807) is 7.11 Å². The van der Waals surface area contributed by atoms with E-state index in [1.165, 1.54) is 0 Å². The highest BCUT2D eigenvalue weighted by atomic mass is 16.5. The van der Waals surface area contributed by atoms with E-state index in [-0.39, 0.29) is 13.1 Å². The van der Waals surface area contributed by atoms with Crippen molar-refractivity contribution in [3.8, 4) is 17.0 Å². The topological polar surface area (TPSA) is 112 Å². The second kappa shape index (κ2) is 10.0. The van der Waals surface area contributed by atoms with Crippen molar-refractivity contribution in [1.29, 1.82) is 0 Å². The fourth-order valence-electron chi connectivity index (χ4n) is 3.49. The van der Waals surface area contributed by atoms with E-state index >= 15 is 0 Å². The Labute approximate surface area is 175 Å². The van der Waals surface area contributed by atoms with Gasteiger partial charge in [0.05, 0.1) is 32.1 Å². The molecular formula is C21H27N5O4. The molecule has 0 spiro atoms. The SMILES string of the molecule is COc1cccc(-c2cccc(N3CCN(C(N)CN(CC=O)C(=O)O)CC3)n2)c1. The number of ether oxygens (including phenoxy) is 1. The van der Waals surface area contributed by atoms with Crippen LogP contribution in [0.2, 0.25) is 0 Å². The number of nitrogens with two attached hydrogens (primary N) is 1. The first-order valence-electron chi connectivity index (χ1n) is 9.79. The number of carboxylic acid groups (broad SMARTS) is 1. The average Bonchev–Trinajstić information content (AvgIpc) is 2.79. The van der Waals surface area contributed by atoms with Crippen LogP contribution in [0.1, 0.15) is 0 Å². The smallest absolute Gasteiger partial charge is 0.407 e. The number of pyridine rings is 1. The molecule has 160 valence electrons. The van der Waals surface area contributed by atoms with Crippen LogP contribution < -0.4 is 15.4 Å². The number of hydrogen-bond acceptors (Lipinski definition) is 7. The first kappa shape index (κ1) is 21.5.